The average molecular weight is 290 g/mol. The lowest BCUT2D eigenvalue weighted by atomic mass is 9.87. The third-order valence-corrected chi connectivity index (χ3v) is 4.96. The molecule has 1 aromatic carbocycles. The molecular weight excluding hydrogens is 260 g/mol. The van der Waals surface area contributed by atoms with Crippen LogP contribution in [-0.4, -0.2) is 36.7 Å². The van der Waals surface area contributed by atoms with E-state index in [-0.39, 0.29) is 11.6 Å². The Balaban J connectivity index is 2.08. The highest BCUT2D eigenvalue weighted by atomic mass is 16.5. The van der Waals surface area contributed by atoms with Gasteiger partial charge in [-0.05, 0) is 57.8 Å². The highest BCUT2D eigenvalue weighted by Crippen LogP contribution is 2.27. The summed E-state index contributed by atoms with van der Waals surface area (Å²) in [6.45, 7) is 6.93. The summed E-state index contributed by atoms with van der Waals surface area (Å²) >= 11 is 0. The number of hydrogen-bond donors (Lipinski definition) is 1. The lowest BCUT2D eigenvalue weighted by Crippen LogP contribution is -2.57. The fraction of sp³-hybridized carbons (Fsp3) is 0.667. The maximum absolute atomic E-state index is 6.59. The van der Waals surface area contributed by atoms with E-state index in [9.17, 15) is 0 Å². The molecule has 0 aliphatic carbocycles. The lowest BCUT2D eigenvalue weighted by Gasteiger charge is -2.42. The average Bonchev–Trinajstić information content (AvgIpc) is 2.77. The zero-order valence-electron chi connectivity index (χ0n) is 13.8. The molecule has 21 heavy (non-hydrogen) atoms. The number of methoxy groups -OCH3 is 1. The van der Waals surface area contributed by atoms with E-state index in [0.717, 1.165) is 12.2 Å². The van der Waals surface area contributed by atoms with Gasteiger partial charge in [-0.3, -0.25) is 4.90 Å². The van der Waals surface area contributed by atoms with Crippen molar-refractivity contribution in [1.29, 1.82) is 0 Å². The molecule has 2 rings (SSSR count). The molecule has 1 atom stereocenters. The Kier molecular flexibility index (Phi) is 5.65. The third-order valence-electron chi connectivity index (χ3n) is 4.96. The van der Waals surface area contributed by atoms with E-state index in [4.69, 9.17) is 10.5 Å². The van der Waals surface area contributed by atoms with Crippen LogP contribution in [0.1, 0.15) is 45.1 Å². The molecule has 3 heteroatoms. The largest absolute Gasteiger partial charge is 0.496 e. The van der Waals surface area contributed by atoms with Crippen molar-refractivity contribution in [2.45, 2.75) is 57.5 Å². The fourth-order valence-electron chi connectivity index (χ4n) is 3.24. The van der Waals surface area contributed by atoms with Crippen LogP contribution in [0.3, 0.4) is 0 Å². The van der Waals surface area contributed by atoms with Gasteiger partial charge in [-0.15, -0.1) is 0 Å². The zero-order valence-corrected chi connectivity index (χ0v) is 13.8. The van der Waals surface area contributed by atoms with Gasteiger partial charge in [-0.1, -0.05) is 31.0 Å². The topological polar surface area (TPSA) is 38.5 Å². The number of likely N-dealkylation sites (tertiary alicyclic amines) is 1. The van der Waals surface area contributed by atoms with Crippen LogP contribution in [0.15, 0.2) is 24.3 Å². The van der Waals surface area contributed by atoms with Crippen molar-refractivity contribution < 1.29 is 4.74 Å². The molecule has 1 saturated heterocycles. The highest BCUT2D eigenvalue weighted by Gasteiger charge is 2.33. The second-order valence-electron chi connectivity index (χ2n) is 6.68. The summed E-state index contributed by atoms with van der Waals surface area (Å²) in [5.41, 5.74) is 7.81. The lowest BCUT2D eigenvalue weighted by molar-refractivity contribution is 0.0977. The van der Waals surface area contributed by atoms with Gasteiger partial charge in [0.25, 0.3) is 0 Å². The summed E-state index contributed by atoms with van der Waals surface area (Å²) in [6, 6.07) is 8.31. The molecule has 118 valence electrons. The van der Waals surface area contributed by atoms with Crippen LogP contribution in [0.5, 0.6) is 5.75 Å². The molecule has 1 aromatic rings. The van der Waals surface area contributed by atoms with Gasteiger partial charge in [-0.25, -0.2) is 0 Å². The molecule has 1 aliphatic heterocycles. The maximum atomic E-state index is 6.59. The summed E-state index contributed by atoms with van der Waals surface area (Å²) < 4.78 is 5.46. The minimum absolute atomic E-state index is 0.0190. The molecule has 1 heterocycles. The molecular formula is C18H30N2O. The fourth-order valence-corrected chi connectivity index (χ4v) is 3.24. The highest BCUT2D eigenvalue weighted by molar-refractivity contribution is 5.34. The molecule has 2 N–H and O–H groups in total. The Bertz CT molecular complexity index is 437. The number of benzene rings is 1. The van der Waals surface area contributed by atoms with Crippen molar-refractivity contribution in [1.82, 2.24) is 4.90 Å². The number of ether oxygens (including phenoxy) is 1. The quantitative estimate of drug-likeness (QED) is 0.905. The molecule has 1 unspecified atom stereocenters. The van der Waals surface area contributed by atoms with Gasteiger partial charge < -0.3 is 10.5 Å². The van der Waals surface area contributed by atoms with E-state index in [1.54, 1.807) is 7.11 Å². The van der Waals surface area contributed by atoms with E-state index >= 15 is 0 Å². The molecule has 0 radical (unpaired) electrons. The first-order valence-corrected chi connectivity index (χ1v) is 8.18. The molecule has 0 spiro atoms. The summed E-state index contributed by atoms with van der Waals surface area (Å²) in [7, 11) is 1.73. The van der Waals surface area contributed by atoms with E-state index in [1.165, 1.54) is 44.3 Å². The van der Waals surface area contributed by atoms with Crippen molar-refractivity contribution in [2.24, 2.45) is 5.73 Å². The summed E-state index contributed by atoms with van der Waals surface area (Å²) in [4.78, 5) is 2.58. The van der Waals surface area contributed by atoms with E-state index < -0.39 is 0 Å². The number of nitrogens with two attached hydrogens (primary N) is 1. The molecule has 0 amide bonds. The molecule has 0 saturated carbocycles. The van der Waals surface area contributed by atoms with Crippen molar-refractivity contribution in [3.63, 3.8) is 0 Å². The molecule has 3 nitrogen and oxygen atoms in total. The number of para-hydroxylation sites is 1. The second-order valence-corrected chi connectivity index (χ2v) is 6.68. The van der Waals surface area contributed by atoms with Gasteiger partial charge in [0.05, 0.1) is 7.11 Å². The molecule has 0 bridgehead atoms. The first-order chi connectivity index (χ1) is 10.1. The van der Waals surface area contributed by atoms with Crippen LogP contribution in [-0.2, 0) is 6.42 Å². The van der Waals surface area contributed by atoms with Gasteiger partial charge in [0.15, 0.2) is 0 Å². The first kappa shape index (κ1) is 16.3. The first-order valence-electron chi connectivity index (χ1n) is 8.18. The van der Waals surface area contributed by atoms with Crippen LogP contribution < -0.4 is 10.5 Å². The van der Waals surface area contributed by atoms with E-state index in [1.807, 2.05) is 12.1 Å². The van der Waals surface area contributed by atoms with E-state index in [2.05, 4.69) is 30.9 Å². The Morgan fingerprint density at radius 2 is 1.76 bits per heavy atom. The molecule has 0 aromatic heterocycles. The standard InChI is InChI=1S/C18H30N2O/c1-18(2,20-12-8-4-5-9-13-20)17(19)14-15-10-6-7-11-16(15)21-3/h6-7,10-11,17H,4-5,8-9,12-14,19H2,1-3H3. The molecule has 1 fully saturated rings. The van der Waals surface area contributed by atoms with Crippen molar-refractivity contribution in [3.05, 3.63) is 29.8 Å². The Morgan fingerprint density at radius 1 is 1.14 bits per heavy atom. The minimum Gasteiger partial charge on any atom is -0.496 e. The van der Waals surface area contributed by atoms with Crippen LogP contribution in [0.25, 0.3) is 0 Å². The molecule has 1 aliphatic rings. The Hall–Kier alpha value is -1.06. The minimum atomic E-state index is 0.0190. The van der Waals surface area contributed by atoms with Crippen molar-refractivity contribution in [3.8, 4) is 5.75 Å². The van der Waals surface area contributed by atoms with Crippen LogP contribution in [0.2, 0.25) is 0 Å². The second kappa shape index (κ2) is 7.28. The van der Waals surface area contributed by atoms with E-state index in [0.29, 0.717) is 0 Å². The van der Waals surface area contributed by atoms with Crippen LogP contribution in [0, 0.1) is 0 Å². The van der Waals surface area contributed by atoms with Gasteiger partial charge in [0, 0.05) is 11.6 Å². The predicted molar refractivity (Wildman–Crippen MR) is 88.8 cm³/mol. The normalized spacial score (nSPS) is 19.0. The predicted octanol–water partition coefficient (Wildman–Crippen LogP) is 3.22. The van der Waals surface area contributed by atoms with Gasteiger partial charge in [-0.2, -0.15) is 0 Å². The van der Waals surface area contributed by atoms with Crippen LogP contribution in [0.4, 0.5) is 0 Å². The number of hydrogen-bond acceptors (Lipinski definition) is 3. The summed E-state index contributed by atoms with van der Waals surface area (Å²) in [5.74, 6) is 0.944. The van der Waals surface area contributed by atoms with Crippen molar-refractivity contribution in [2.75, 3.05) is 20.2 Å². The number of rotatable bonds is 5. The smallest absolute Gasteiger partial charge is 0.122 e. The van der Waals surface area contributed by atoms with Gasteiger partial charge in [0.2, 0.25) is 0 Å². The zero-order chi connectivity index (χ0) is 15.3. The summed E-state index contributed by atoms with van der Waals surface area (Å²) in [6.07, 6.45) is 6.16. The monoisotopic (exact) mass is 290 g/mol. The van der Waals surface area contributed by atoms with Crippen molar-refractivity contribution >= 4 is 0 Å². The SMILES string of the molecule is COc1ccccc1CC(N)C(C)(C)N1CCCCCC1. The van der Waals surface area contributed by atoms with Gasteiger partial charge in [0.1, 0.15) is 5.75 Å². The van der Waals surface area contributed by atoms with Gasteiger partial charge >= 0.3 is 0 Å². The number of nitrogens with zero attached hydrogens (tertiary/aromatic N) is 1. The Labute approximate surface area is 129 Å². The third kappa shape index (κ3) is 3.98. The maximum Gasteiger partial charge on any atom is 0.122 e. The summed E-state index contributed by atoms with van der Waals surface area (Å²) in [5, 5.41) is 0. The van der Waals surface area contributed by atoms with Crippen LogP contribution >= 0.6 is 0 Å². The Morgan fingerprint density at radius 3 is 2.38 bits per heavy atom.